The molecule has 110 valence electrons. The molecule has 1 aromatic rings. The molecule has 1 aliphatic carbocycles. The molecule has 2 nitrogen and oxygen atoms in total. The zero-order chi connectivity index (χ0) is 14.0. The van der Waals surface area contributed by atoms with Crippen molar-refractivity contribution in [1.82, 2.24) is 0 Å². The Morgan fingerprint density at radius 3 is 2.80 bits per heavy atom. The van der Waals surface area contributed by atoms with E-state index in [4.69, 9.17) is 16.3 Å². The topological polar surface area (TPSA) is 21.3 Å². The van der Waals surface area contributed by atoms with Crippen molar-refractivity contribution in [2.75, 3.05) is 11.9 Å². The summed E-state index contributed by atoms with van der Waals surface area (Å²) in [5.41, 5.74) is 1.29. The summed E-state index contributed by atoms with van der Waals surface area (Å²) >= 11 is 9.53. The SMILES string of the molecule is Clc1ccc(NC2CCOC3(CCCCC3)C2)cc1Br. The van der Waals surface area contributed by atoms with Crippen LogP contribution in [0, 0.1) is 0 Å². The van der Waals surface area contributed by atoms with Crippen molar-refractivity contribution < 1.29 is 4.74 Å². The van der Waals surface area contributed by atoms with Gasteiger partial charge in [0.15, 0.2) is 0 Å². The standard InChI is InChI=1S/C16H21BrClNO/c17-14-10-12(4-5-15(14)18)19-13-6-9-20-16(11-13)7-2-1-3-8-16/h4-5,10,13,19H,1-3,6-9,11H2. The van der Waals surface area contributed by atoms with Crippen molar-refractivity contribution in [3.63, 3.8) is 0 Å². The Hall–Kier alpha value is -0.250. The van der Waals surface area contributed by atoms with Crippen LogP contribution in [-0.4, -0.2) is 18.2 Å². The lowest BCUT2D eigenvalue weighted by atomic mass is 9.78. The average Bonchev–Trinajstić information content (AvgIpc) is 2.44. The van der Waals surface area contributed by atoms with Crippen LogP contribution in [0.15, 0.2) is 22.7 Å². The van der Waals surface area contributed by atoms with Crippen molar-refractivity contribution in [2.24, 2.45) is 0 Å². The van der Waals surface area contributed by atoms with Crippen molar-refractivity contribution in [1.29, 1.82) is 0 Å². The number of benzene rings is 1. The normalized spacial score (nSPS) is 25.6. The second kappa shape index (κ2) is 6.25. The molecule has 1 N–H and O–H groups in total. The Kier molecular flexibility index (Phi) is 4.58. The van der Waals surface area contributed by atoms with E-state index in [-0.39, 0.29) is 5.60 Å². The van der Waals surface area contributed by atoms with Gasteiger partial charge in [-0.1, -0.05) is 30.9 Å². The van der Waals surface area contributed by atoms with Gasteiger partial charge in [0.05, 0.1) is 10.6 Å². The molecule has 1 unspecified atom stereocenters. The van der Waals surface area contributed by atoms with Gasteiger partial charge in [0, 0.05) is 22.8 Å². The molecule has 20 heavy (non-hydrogen) atoms. The minimum atomic E-state index is 0.151. The van der Waals surface area contributed by atoms with Gasteiger partial charge < -0.3 is 10.1 Å². The van der Waals surface area contributed by atoms with Gasteiger partial charge in [0.2, 0.25) is 0 Å². The summed E-state index contributed by atoms with van der Waals surface area (Å²) in [6, 6.07) is 6.56. The van der Waals surface area contributed by atoms with Gasteiger partial charge >= 0.3 is 0 Å². The third-order valence-corrected chi connectivity index (χ3v) is 5.76. The summed E-state index contributed by atoms with van der Waals surface area (Å²) in [5, 5.41) is 4.41. The zero-order valence-electron chi connectivity index (χ0n) is 11.6. The molecule has 2 fully saturated rings. The molecule has 1 atom stereocenters. The first-order chi connectivity index (χ1) is 9.67. The Labute approximate surface area is 134 Å². The maximum absolute atomic E-state index is 6.15. The summed E-state index contributed by atoms with van der Waals surface area (Å²) in [6.07, 6.45) is 8.69. The highest BCUT2D eigenvalue weighted by Gasteiger charge is 2.38. The fourth-order valence-electron chi connectivity index (χ4n) is 3.52. The second-order valence-corrected chi connectivity index (χ2v) is 7.32. The van der Waals surface area contributed by atoms with Crippen LogP contribution in [0.25, 0.3) is 0 Å². The van der Waals surface area contributed by atoms with Gasteiger partial charge in [-0.05, 0) is 59.8 Å². The lowest BCUT2D eigenvalue weighted by Crippen LogP contribution is -2.45. The van der Waals surface area contributed by atoms with Crippen molar-refractivity contribution in [2.45, 2.75) is 56.6 Å². The van der Waals surface area contributed by atoms with Crippen LogP contribution < -0.4 is 5.32 Å². The van der Waals surface area contributed by atoms with Gasteiger partial charge in [-0.3, -0.25) is 0 Å². The highest BCUT2D eigenvalue weighted by Crippen LogP contribution is 2.39. The van der Waals surface area contributed by atoms with Crippen molar-refractivity contribution >= 4 is 33.2 Å². The highest BCUT2D eigenvalue weighted by molar-refractivity contribution is 9.10. The van der Waals surface area contributed by atoms with Gasteiger partial charge in [-0.2, -0.15) is 0 Å². The summed E-state index contributed by atoms with van der Waals surface area (Å²) in [7, 11) is 0. The average molecular weight is 359 g/mol. The number of hydrogen-bond acceptors (Lipinski definition) is 2. The smallest absolute Gasteiger partial charge is 0.0702 e. The quantitative estimate of drug-likeness (QED) is 0.764. The molecule has 0 radical (unpaired) electrons. The van der Waals surface area contributed by atoms with E-state index >= 15 is 0 Å². The lowest BCUT2D eigenvalue weighted by molar-refractivity contribution is -0.103. The van der Waals surface area contributed by atoms with Crippen LogP contribution in [0.2, 0.25) is 5.02 Å². The Balaban J connectivity index is 1.66. The minimum Gasteiger partial charge on any atom is -0.382 e. The van der Waals surface area contributed by atoms with Crippen LogP contribution in [0.5, 0.6) is 0 Å². The monoisotopic (exact) mass is 357 g/mol. The molecule has 1 aromatic carbocycles. The molecular formula is C16H21BrClNO. The molecule has 3 rings (SSSR count). The van der Waals surface area contributed by atoms with Crippen LogP contribution in [-0.2, 0) is 4.74 Å². The molecule has 4 heteroatoms. The number of ether oxygens (including phenoxy) is 1. The van der Waals surface area contributed by atoms with Crippen molar-refractivity contribution in [3.05, 3.63) is 27.7 Å². The third-order valence-electron chi connectivity index (χ3n) is 4.55. The number of halogens is 2. The zero-order valence-corrected chi connectivity index (χ0v) is 14.0. The van der Waals surface area contributed by atoms with Gasteiger partial charge in [0.1, 0.15) is 0 Å². The predicted molar refractivity (Wildman–Crippen MR) is 87.6 cm³/mol. The molecule has 0 aromatic heterocycles. The van der Waals surface area contributed by atoms with Crippen LogP contribution in [0.4, 0.5) is 5.69 Å². The van der Waals surface area contributed by atoms with Crippen molar-refractivity contribution in [3.8, 4) is 0 Å². The number of hydrogen-bond donors (Lipinski definition) is 1. The Bertz CT molecular complexity index is 468. The van der Waals surface area contributed by atoms with E-state index in [9.17, 15) is 0 Å². The maximum atomic E-state index is 6.15. The molecule has 0 amide bonds. The highest BCUT2D eigenvalue weighted by atomic mass is 79.9. The largest absolute Gasteiger partial charge is 0.382 e. The van der Waals surface area contributed by atoms with E-state index in [1.165, 1.54) is 32.1 Å². The third kappa shape index (κ3) is 3.32. The number of rotatable bonds is 2. The molecule has 1 spiro atoms. The van der Waals surface area contributed by atoms with Gasteiger partial charge in [-0.25, -0.2) is 0 Å². The molecule has 1 saturated carbocycles. The Morgan fingerprint density at radius 2 is 2.05 bits per heavy atom. The van der Waals surface area contributed by atoms with Crippen LogP contribution >= 0.6 is 27.5 Å². The summed E-state index contributed by atoms with van der Waals surface area (Å²) in [5.74, 6) is 0. The number of nitrogens with one attached hydrogen (secondary N) is 1. The molecule has 1 saturated heterocycles. The molecular weight excluding hydrogens is 338 g/mol. The summed E-state index contributed by atoms with van der Waals surface area (Å²) in [4.78, 5) is 0. The van der Waals surface area contributed by atoms with E-state index in [0.29, 0.717) is 6.04 Å². The van der Waals surface area contributed by atoms with E-state index in [2.05, 4.69) is 33.4 Å². The van der Waals surface area contributed by atoms with E-state index in [1.54, 1.807) is 0 Å². The van der Waals surface area contributed by atoms with Gasteiger partial charge in [0.25, 0.3) is 0 Å². The van der Waals surface area contributed by atoms with Crippen LogP contribution in [0.1, 0.15) is 44.9 Å². The fraction of sp³-hybridized carbons (Fsp3) is 0.625. The Morgan fingerprint density at radius 1 is 1.25 bits per heavy atom. The first kappa shape index (κ1) is 14.7. The minimum absolute atomic E-state index is 0.151. The predicted octanol–water partition coefficient (Wildman–Crippen LogP) is 5.40. The number of anilines is 1. The first-order valence-corrected chi connectivity index (χ1v) is 8.70. The first-order valence-electron chi connectivity index (χ1n) is 7.52. The maximum Gasteiger partial charge on any atom is 0.0702 e. The van der Waals surface area contributed by atoms with E-state index in [0.717, 1.165) is 34.6 Å². The second-order valence-electron chi connectivity index (χ2n) is 6.06. The van der Waals surface area contributed by atoms with E-state index in [1.807, 2.05) is 6.07 Å². The molecule has 1 aliphatic heterocycles. The molecule has 1 heterocycles. The fourth-order valence-corrected chi connectivity index (χ4v) is 4.01. The van der Waals surface area contributed by atoms with Gasteiger partial charge in [-0.15, -0.1) is 0 Å². The van der Waals surface area contributed by atoms with Crippen LogP contribution in [0.3, 0.4) is 0 Å². The molecule has 2 aliphatic rings. The molecule has 0 bridgehead atoms. The van der Waals surface area contributed by atoms with E-state index < -0.39 is 0 Å². The lowest BCUT2D eigenvalue weighted by Gasteiger charge is -2.44. The summed E-state index contributed by atoms with van der Waals surface area (Å²) in [6.45, 7) is 0.881. The summed E-state index contributed by atoms with van der Waals surface area (Å²) < 4.78 is 7.09.